The summed E-state index contributed by atoms with van der Waals surface area (Å²) in [5, 5.41) is 81.6. The van der Waals surface area contributed by atoms with Gasteiger partial charge in [0.2, 0.25) is 0 Å². The molecular weight excluding hydrogens is 1920 g/mol. The fraction of sp³-hybridized carbons (Fsp3) is 0.180. The molecule has 9 aromatic heterocycles. The summed E-state index contributed by atoms with van der Waals surface area (Å²) >= 11 is 26.9. The van der Waals surface area contributed by atoms with Crippen LogP contribution in [0.1, 0.15) is 58.7 Å². The van der Waals surface area contributed by atoms with Crippen LogP contribution in [-0.2, 0) is 29.1 Å². The number of anilines is 2. The van der Waals surface area contributed by atoms with Gasteiger partial charge in [-0.3, -0.25) is 68.8 Å². The van der Waals surface area contributed by atoms with Crippen molar-refractivity contribution in [2.75, 3.05) is 77.5 Å². The Kier molecular flexibility index (Phi) is 44.9. The molecule has 0 aliphatic rings. The number of halogens is 3. The number of nitrogen functional groups attached to an aromatic ring is 2. The van der Waals surface area contributed by atoms with Crippen LogP contribution in [0.15, 0.2) is 216 Å². The summed E-state index contributed by atoms with van der Waals surface area (Å²) in [7, 11) is 0. The number of ether oxygens (including phenoxy) is 4. The first kappa shape index (κ1) is 109. The minimum atomic E-state index is -0.715. The van der Waals surface area contributed by atoms with Crippen LogP contribution in [0, 0.1) is 62.7 Å². The van der Waals surface area contributed by atoms with Crippen molar-refractivity contribution in [1.82, 2.24) is 64.8 Å². The van der Waals surface area contributed by atoms with E-state index in [1.165, 1.54) is 23.1 Å². The number of nitrogens with one attached hydrogen (secondary N) is 8. The Labute approximate surface area is 829 Å². The number of nitrogens with two attached hydrogens (primary N) is 2. The van der Waals surface area contributed by atoms with Crippen molar-refractivity contribution in [2.45, 2.75) is 42.0 Å². The zero-order valence-electron chi connectivity index (χ0n) is 72.2. The number of thioether (sulfide) groups is 1. The van der Waals surface area contributed by atoms with Gasteiger partial charge in [0.15, 0.2) is 5.34 Å². The van der Waals surface area contributed by atoms with Crippen LogP contribution in [0.25, 0.3) is 92.5 Å². The topological polar surface area (TPSA) is 652 Å². The number of aromatic amines is 8. The van der Waals surface area contributed by atoms with Gasteiger partial charge in [-0.1, -0.05) is 115 Å². The molecule has 0 saturated carbocycles. The third kappa shape index (κ3) is 32.7. The van der Waals surface area contributed by atoms with Crippen LogP contribution in [-0.4, -0.2) is 158 Å². The van der Waals surface area contributed by atoms with Gasteiger partial charge in [0, 0.05) is 66.0 Å². The van der Waals surface area contributed by atoms with Gasteiger partial charge in [-0.15, -0.1) is 39.2 Å². The van der Waals surface area contributed by atoms with Crippen LogP contribution < -0.4 is 105 Å². The molecular formula is C89H77Cl3N21NaO19S4. The van der Waals surface area contributed by atoms with Crippen molar-refractivity contribution < 1.29 is 78.6 Å². The smallest absolute Gasteiger partial charge is 0.759 e. The molecule has 15 aromatic rings. The third-order valence-corrected chi connectivity index (χ3v) is 21.3. The number of thiazole rings is 2. The Morgan fingerprint density at radius 1 is 0.518 bits per heavy atom. The number of H-pyrrole nitrogens is 8. The number of rotatable bonds is 26. The number of carbonyl (C=O) groups excluding carboxylic acids is 1. The number of pyridine rings is 3. The van der Waals surface area contributed by atoms with Crippen LogP contribution in [0.4, 0.5) is 11.6 Å². The number of aliphatic hydroxyl groups is 4. The molecule has 0 amide bonds. The number of aromatic nitrogens is 13. The molecule has 6 aromatic carbocycles. The molecule has 0 radical (unpaired) electrons. The first-order valence-electron chi connectivity index (χ1n) is 39.5. The molecule has 0 unspecified atom stereocenters. The molecule has 0 aliphatic heterocycles. The van der Waals surface area contributed by atoms with Crippen molar-refractivity contribution in [1.29, 1.82) is 21.0 Å². The average molecular weight is 2000 g/mol. The second-order valence-corrected chi connectivity index (χ2v) is 31.4. The predicted molar refractivity (Wildman–Crippen MR) is 516 cm³/mol. The maximum Gasteiger partial charge on any atom is 1.00 e. The van der Waals surface area contributed by atoms with Gasteiger partial charge in [-0.2, -0.15) is 21.0 Å². The van der Waals surface area contributed by atoms with E-state index in [9.17, 15) is 63.8 Å². The van der Waals surface area contributed by atoms with Crippen LogP contribution in [0.3, 0.4) is 0 Å². The molecule has 0 bridgehead atoms. The number of aldehydes is 1. The number of alkyl halides is 1. The van der Waals surface area contributed by atoms with Gasteiger partial charge < -0.3 is 73.2 Å². The minimum absolute atomic E-state index is 0. The summed E-state index contributed by atoms with van der Waals surface area (Å²) in [6, 6.07) is 50.6. The van der Waals surface area contributed by atoms with Crippen molar-refractivity contribution in [3.8, 4) is 102 Å². The molecule has 0 atom stereocenters. The molecule has 0 fully saturated rings. The monoisotopic (exact) mass is 2000 g/mol. The predicted octanol–water partition coefficient (Wildman–Crippen LogP) is 8.00. The fourth-order valence-corrected chi connectivity index (χ4v) is 14.9. The van der Waals surface area contributed by atoms with E-state index in [0.29, 0.717) is 90.6 Å². The molecule has 0 aliphatic carbocycles. The van der Waals surface area contributed by atoms with Gasteiger partial charge in [0.1, 0.15) is 130 Å². The summed E-state index contributed by atoms with van der Waals surface area (Å²) < 4.78 is 21.1. The summed E-state index contributed by atoms with van der Waals surface area (Å²) in [6.45, 7) is 10.9. The molecule has 0 spiro atoms. The Morgan fingerprint density at radius 3 is 1.26 bits per heavy atom. The Hall–Kier alpha value is -14.9. The maximum atomic E-state index is 12.8. The summed E-state index contributed by atoms with van der Waals surface area (Å²) in [5.74, 6) is 3.67. The Morgan fingerprint density at radius 2 is 0.898 bits per heavy atom. The SMILES string of the molecule is CC(C)CCON=O.ClCc1csc(-c2ccc(Cl)cc2)n1.N#Cc1c(N)nc2[nH]c(=O)[nH]c(=O)c2c1-c1ccc(OCCO)cc1.N#Cc1c(SCc2csc(-c3ccc(Cl)cc3)n2)nc2[nH]c(=O)[nH]c(=O)c2c1-c1ccc(OCCO)cc1.N#Cc1c([S-])nc2[nH]c(=O)[nH]c(=O)c2c1-c1ccc(OCCO)cc1.Nc1cc(=O)[nH]c(=O)[nH]1.O=Cc1ccc(OCCO)cc1.[C-]#[N+]CC#N.[Na+]. The number of benzene rings is 6. The van der Waals surface area contributed by atoms with E-state index in [1.807, 2.05) is 64.3 Å². The largest absolute Gasteiger partial charge is 1.00 e. The van der Waals surface area contributed by atoms with Gasteiger partial charge in [0.25, 0.3) is 28.8 Å². The van der Waals surface area contributed by atoms with Crippen LogP contribution in [0.5, 0.6) is 23.0 Å². The summed E-state index contributed by atoms with van der Waals surface area (Å²) in [5.41, 5.74) is 13.1. The molecule has 16 N–H and O–H groups in total. The number of carbonyl (C=O) groups is 1. The van der Waals surface area contributed by atoms with E-state index in [1.54, 1.807) is 127 Å². The normalized spacial score (nSPS) is 10.1. The van der Waals surface area contributed by atoms with Crippen molar-refractivity contribution >= 4 is 133 Å². The molecule has 137 heavy (non-hydrogen) atoms. The number of hydrogen-bond donors (Lipinski definition) is 14. The standard InChI is InChI=1S/C26H18ClN5O4S2.C16H13N5O4.C16H12N4O4S.C10H7Cl2NS.C9H10O3.C5H11NO2.C4H5N3O2.C3H2N2.Na/c27-16-5-1-15(2-6-16)24-29-17(12-37-24)13-38-25-19(11-28)20(14-3-7-18(8-4-14)36-10-9-33)21-22(30-25)31-26(35)32-23(21)34;17-7-10-11(8-1-3-9(4-2-8)25-6-5-22)12-14(19-13(10)18)20-16(24)21-15(12)23;17-7-10-11(8-1-3-9(4-2-8)24-6-5-21)12-13(18-15(10)25)19-16(23)20-14(12)22;11-5-9-6-14-10(13-9)7-1-3-8(12)4-2-7;10-5-6-12-9-3-1-8(7-11)2-4-9;1-5(2)3-4-8-6-7;5-2-1-3(8)7-4(9)6-2;1-5-3-2-4;/h1-8,12,33H,9-10,13H2,(H2,30,31,32,34,35);1-4,22H,5-6H2,(H4,18,19,20,21,23,24);1-4,21H,5-6H2,(H3,18,19,20,22,23,25);1-4,6H,5H2;1-4,7,10H,5-6H2;5H,3-4H2,1-2H3;1H,(H4,5,6,7,8,9);3H2;/q;;;;;;;;+1/p-1. The number of fused-ring (bicyclic) bond motifs is 3. The minimum Gasteiger partial charge on any atom is -0.759 e. The first-order chi connectivity index (χ1) is 65.6. The Balaban J connectivity index is 0.000000229. The molecule has 15 rings (SSSR count). The van der Waals surface area contributed by atoms with E-state index >= 15 is 0 Å². The molecule has 9 heterocycles. The summed E-state index contributed by atoms with van der Waals surface area (Å²) in [6.07, 6.45) is 1.67. The van der Waals surface area contributed by atoms with Crippen LogP contribution in [0.2, 0.25) is 10.0 Å². The van der Waals surface area contributed by atoms with Crippen molar-refractivity contribution in [3.63, 3.8) is 0 Å². The number of aliphatic hydroxyl groups excluding tert-OH is 4. The van der Waals surface area contributed by atoms with Gasteiger partial charge in [-0.25, -0.2) is 45.7 Å². The Bertz CT molecular complexity index is 7140. The first-order valence-corrected chi connectivity index (χ1v) is 43.9. The summed E-state index contributed by atoms with van der Waals surface area (Å²) in [4.78, 5) is 159. The fourth-order valence-electron chi connectivity index (χ4n) is 11.5. The quantitative estimate of drug-likeness (QED) is 0.00233. The van der Waals surface area contributed by atoms with Gasteiger partial charge >= 0.3 is 52.3 Å². The zero-order valence-corrected chi connectivity index (χ0v) is 79.7. The van der Waals surface area contributed by atoms with Gasteiger partial charge in [0.05, 0.1) is 77.1 Å². The van der Waals surface area contributed by atoms with E-state index in [2.05, 4.69) is 94.7 Å². The second kappa shape index (κ2) is 56.3. The zero-order chi connectivity index (χ0) is 98.8. The number of hydrogen-bond acceptors (Lipinski definition) is 35. The molecule has 48 heteroatoms. The average Bonchev–Trinajstić information content (AvgIpc) is 1.17. The van der Waals surface area contributed by atoms with Crippen molar-refractivity contribution in [2.24, 2.45) is 11.3 Å². The maximum absolute atomic E-state index is 12.8. The molecule has 698 valence electrons. The van der Waals surface area contributed by atoms with Crippen molar-refractivity contribution in [3.05, 3.63) is 306 Å². The molecule has 40 nitrogen and oxygen atoms in total. The van der Waals surface area contributed by atoms with Crippen LogP contribution >= 0.6 is 69.2 Å². The van der Waals surface area contributed by atoms with E-state index in [-0.39, 0.29) is 161 Å². The van der Waals surface area contributed by atoms with E-state index < -0.39 is 45.0 Å². The van der Waals surface area contributed by atoms with E-state index in [4.69, 9.17) is 110 Å². The number of nitrogens with zero attached hydrogens (tertiary/aromatic N) is 11. The third-order valence-electron chi connectivity index (χ3n) is 17.4. The number of nitriles is 4. The second-order valence-electron chi connectivity index (χ2n) is 27.2. The molecule has 0 saturated heterocycles. The van der Waals surface area contributed by atoms with E-state index in [0.717, 1.165) is 56.3 Å². The van der Waals surface area contributed by atoms with Gasteiger partial charge in [-0.05, 0) is 114 Å².